The van der Waals surface area contributed by atoms with Gasteiger partial charge in [0.15, 0.2) is 5.78 Å². The van der Waals surface area contributed by atoms with Gasteiger partial charge in [0.2, 0.25) is 0 Å². The Morgan fingerprint density at radius 3 is 1.69 bits per heavy atom. The summed E-state index contributed by atoms with van der Waals surface area (Å²) in [5.41, 5.74) is 4.42. The van der Waals surface area contributed by atoms with Crippen LogP contribution in [0.5, 0.6) is 0 Å². The first-order valence-corrected chi connectivity index (χ1v) is 16.4. The Hall–Kier alpha value is -2.22. The first kappa shape index (κ1) is 31.3. The predicted octanol–water partition coefficient (Wildman–Crippen LogP) is 11.3. The molecule has 0 amide bonds. The van der Waals surface area contributed by atoms with E-state index in [9.17, 15) is 9.59 Å². The monoisotopic (exact) mass is 530 g/mol. The standard InChI is InChI=1S/C37H54O2/c1-3-5-7-8-9-10-11-12-13-14-15-30-17-19-31(20-18-30)32-21-23-33(24-22-32)34-25-27-35(28-26-34)37(39)29-36(38)16-6-4-2/h21-28,30-31H,3-20,29H2,1-2H3. The van der Waals surface area contributed by atoms with Crippen LogP contribution >= 0.6 is 0 Å². The minimum Gasteiger partial charge on any atom is -0.299 e. The van der Waals surface area contributed by atoms with Crippen LogP contribution in [0, 0.1) is 5.92 Å². The Bertz CT molecular complexity index is 948. The molecule has 0 heterocycles. The predicted molar refractivity (Wildman–Crippen MR) is 167 cm³/mol. The molecule has 0 saturated heterocycles. The van der Waals surface area contributed by atoms with E-state index in [4.69, 9.17) is 0 Å². The van der Waals surface area contributed by atoms with Crippen LogP contribution in [0.4, 0.5) is 0 Å². The van der Waals surface area contributed by atoms with Crippen molar-refractivity contribution in [2.45, 2.75) is 142 Å². The van der Waals surface area contributed by atoms with E-state index < -0.39 is 0 Å². The summed E-state index contributed by atoms with van der Waals surface area (Å²) in [6.45, 7) is 4.35. The van der Waals surface area contributed by atoms with Crippen LogP contribution in [0.3, 0.4) is 0 Å². The second-order valence-electron chi connectivity index (χ2n) is 12.1. The molecule has 39 heavy (non-hydrogen) atoms. The molecule has 2 aromatic carbocycles. The van der Waals surface area contributed by atoms with Crippen LogP contribution < -0.4 is 0 Å². The van der Waals surface area contributed by atoms with E-state index in [1.54, 1.807) is 0 Å². The van der Waals surface area contributed by atoms with E-state index in [0.717, 1.165) is 24.3 Å². The first-order chi connectivity index (χ1) is 19.1. The van der Waals surface area contributed by atoms with Crippen LogP contribution in [0.2, 0.25) is 0 Å². The van der Waals surface area contributed by atoms with Crippen LogP contribution in [-0.2, 0) is 4.79 Å². The number of hydrogen-bond acceptors (Lipinski definition) is 2. The SMILES string of the molecule is CCCCCCCCCCCCC1CCC(c2ccc(-c3ccc(C(=O)CC(=O)CCCC)cc3)cc2)CC1. The van der Waals surface area contributed by atoms with Gasteiger partial charge in [-0.1, -0.05) is 139 Å². The van der Waals surface area contributed by atoms with E-state index in [0.29, 0.717) is 17.9 Å². The Balaban J connectivity index is 1.34. The molecule has 1 aliphatic carbocycles. The number of ketones is 2. The fraction of sp³-hybridized carbons (Fsp3) is 0.622. The number of carbonyl (C=O) groups excluding carboxylic acids is 2. The van der Waals surface area contributed by atoms with Crippen molar-refractivity contribution in [2.24, 2.45) is 5.92 Å². The maximum atomic E-state index is 12.4. The molecule has 214 valence electrons. The van der Waals surface area contributed by atoms with Crippen molar-refractivity contribution in [3.63, 3.8) is 0 Å². The quantitative estimate of drug-likeness (QED) is 0.103. The van der Waals surface area contributed by atoms with E-state index in [1.165, 1.54) is 107 Å². The van der Waals surface area contributed by atoms with Crippen LogP contribution in [0.25, 0.3) is 11.1 Å². The van der Waals surface area contributed by atoms with Crippen molar-refractivity contribution in [2.75, 3.05) is 0 Å². The van der Waals surface area contributed by atoms with Gasteiger partial charge < -0.3 is 0 Å². The third kappa shape index (κ3) is 11.4. The number of Topliss-reactive ketones (excluding diaryl/α,β-unsaturated/α-hetero) is 2. The molecule has 1 saturated carbocycles. The molecule has 0 bridgehead atoms. The molecule has 0 aromatic heterocycles. The second-order valence-corrected chi connectivity index (χ2v) is 12.1. The summed E-state index contributed by atoms with van der Waals surface area (Å²) in [5.74, 6) is 1.63. The zero-order valence-corrected chi connectivity index (χ0v) is 25.0. The second kappa shape index (κ2) is 18.2. The van der Waals surface area contributed by atoms with Crippen LogP contribution in [0.1, 0.15) is 158 Å². The lowest BCUT2D eigenvalue weighted by Gasteiger charge is -2.29. The van der Waals surface area contributed by atoms with E-state index in [2.05, 4.69) is 38.1 Å². The molecule has 2 aromatic rings. The largest absolute Gasteiger partial charge is 0.299 e. The highest BCUT2D eigenvalue weighted by Crippen LogP contribution is 2.38. The van der Waals surface area contributed by atoms with Gasteiger partial charge in [0.25, 0.3) is 0 Å². The summed E-state index contributed by atoms with van der Waals surface area (Å²) in [6.07, 6.45) is 23.5. The molecule has 0 unspecified atom stereocenters. The third-order valence-electron chi connectivity index (χ3n) is 8.90. The highest BCUT2D eigenvalue weighted by molar-refractivity contribution is 6.08. The average molecular weight is 531 g/mol. The summed E-state index contributed by atoms with van der Waals surface area (Å²) < 4.78 is 0. The third-order valence-corrected chi connectivity index (χ3v) is 8.90. The highest BCUT2D eigenvalue weighted by Gasteiger charge is 2.22. The molecular formula is C37H54O2. The minimum atomic E-state index is -0.0678. The maximum Gasteiger partial charge on any atom is 0.170 e. The number of hydrogen-bond donors (Lipinski definition) is 0. The van der Waals surface area contributed by atoms with E-state index >= 15 is 0 Å². The Morgan fingerprint density at radius 1 is 0.615 bits per heavy atom. The van der Waals surface area contributed by atoms with E-state index in [-0.39, 0.29) is 18.0 Å². The van der Waals surface area contributed by atoms with Crippen molar-refractivity contribution in [1.82, 2.24) is 0 Å². The number of rotatable bonds is 19. The molecule has 2 heteroatoms. The molecule has 0 atom stereocenters. The van der Waals surface area contributed by atoms with Crippen molar-refractivity contribution in [3.05, 3.63) is 59.7 Å². The molecule has 0 spiro atoms. The summed E-state index contributed by atoms with van der Waals surface area (Å²) in [6, 6.07) is 16.9. The zero-order chi connectivity index (χ0) is 27.7. The van der Waals surface area contributed by atoms with Crippen molar-refractivity contribution < 1.29 is 9.59 Å². The zero-order valence-electron chi connectivity index (χ0n) is 25.0. The van der Waals surface area contributed by atoms with Crippen LogP contribution in [-0.4, -0.2) is 11.6 Å². The number of carbonyl (C=O) groups is 2. The molecule has 0 radical (unpaired) electrons. The first-order valence-electron chi connectivity index (χ1n) is 16.4. The molecule has 1 fully saturated rings. The van der Waals surface area contributed by atoms with Gasteiger partial charge in [-0.2, -0.15) is 0 Å². The van der Waals surface area contributed by atoms with E-state index in [1.807, 2.05) is 24.3 Å². The van der Waals surface area contributed by atoms with Gasteiger partial charge in [0, 0.05) is 12.0 Å². The van der Waals surface area contributed by atoms with Crippen LogP contribution in [0.15, 0.2) is 48.5 Å². The Labute approximate surface area is 239 Å². The molecule has 0 N–H and O–H groups in total. The number of unbranched alkanes of at least 4 members (excludes halogenated alkanes) is 10. The Morgan fingerprint density at radius 2 is 1.13 bits per heavy atom. The summed E-state index contributed by atoms with van der Waals surface area (Å²) in [7, 11) is 0. The molecular weight excluding hydrogens is 476 g/mol. The van der Waals surface area contributed by atoms with Gasteiger partial charge in [-0.3, -0.25) is 9.59 Å². The van der Waals surface area contributed by atoms with Gasteiger partial charge in [-0.25, -0.2) is 0 Å². The summed E-state index contributed by atoms with van der Waals surface area (Å²) >= 11 is 0. The van der Waals surface area contributed by atoms with Crippen molar-refractivity contribution in [1.29, 1.82) is 0 Å². The lowest BCUT2D eigenvalue weighted by atomic mass is 9.77. The molecule has 1 aliphatic rings. The van der Waals surface area contributed by atoms with Gasteiger partial charge in [-0.05, 0) is 60.6 Å². The maximum absolute atomic E-state index is 12.4. The molecule has 0 aliphatic heterocycles. The van der Waals surface area contributed by atoms with Gasteiger partial charge in [0.1, 0.15) is 5.78 Å². The van der Waals surface area contributed by atoms with Gasteiger partial charge >= 0.3 is 0 Å². The lowest BCUT2D eigenvalue weighted by Crippen LogP contribution is -2.13. The fourth-order valence-corrected chi connectivity index (χ4v) is 6.24. The summed E-state index contributed by atoms with van der Waals surface area (Å²) in [4.78, 5) is 24.4. The van der Waals surface area contributed by atoms with Crippen molar-refractivity contribution >= 4 is 11.6 Å². The normalized spacial score (nSPS) is 17.3. The van der Waals surface area contributed by atoms with Gasteiger partial charge in [-0.15, -0.1) is 0 Å². The highest BCUT2D eigenvalue weighted by atomic mass is 16.1. The Kier molecular flexibility index (Phi) is 14.6. The molecule has 3 rings (SSSR count). The topological polar surface area (TPSA) is 34.1 Å². The smallest absolute Gasteiger partial charge is 0.170 e. The molecule has 2 nitrogen and oxygen atoms in total. The van der Waals surface area contributed by atoms with Crippen molar-refractivity contribution in [3.8, 4) is 11.1 Å². The average Bonchev–Trinajstić information content (AvgIpc) is 2.97. The lowest BCUT2D eigenvalue weighted by molar-refractivity contribution is -0.118. The van der Waals surface area contributed by atoms with Gasteiger partial charge in [0.05, 0.1) is 6.42 Å². The summed E-state index contributed by atoms with van der Waals surface area (Å²) in [5, 5.41) is 0. The minimum absolute atomic E-state index is 0.0234. The number of benzene rings is 2. The fourth-order valence-electron chi connectivity index (χ4n) is 6.24.